The molecule has 1 aromatic heterocycles. The molecule has 0 aliphatic carbocycles. The number of rotatable bonds is 11. The van der Waals surface area contributed by atoms with Crippen LogP contribution in [0.4, 0.5) is 14.5 Å². The Kier molecular flexibility index (Phi) is 14.0. The van der Waals surface area contributed by atoms with Gasteiger partial charge in [0.15, 0.2) is 0 Å². The Bertz CT molecular complexity index is 1080. The molecule has 0 saturated carbocycles. The van der Waals surface area contributed by atoms with Crippen LogP contribution in [0, 0.1) is 0 Å². The minimum Gasteiger partial charge on any atom is -0.571 e. The van der Waals surface area contributed by atoms with Gasteiger partial charge in [0.25, 0.3) is 6.43 Å². The molecule has 0 spiro atoms. The summed E-state index contributed by atoms with van der Waals surface area (Å²) in [7, 11) is 1.74. The maximum absolute atomic E-state index is 14.2. The first-order chi connectivity index (χ1) is 18.4. The van der Waals surface area contributed by atoms with E-state index in [2.05, 4.69) is 28.1 Å². The number of hydrogen-bond donors (Lipinski definition) is 3. The van der Waals surface area contributed by atoms with Crippen LogP contribution in [0.3, 0.4) is 0 Å². The second-order valence-corrected chi connectivity index (χ2v) is 9.32. The number of carbonyl (C=O) groups is 1. The molecular formula is C27H40F2N7O2Y-. The molecule has 213 valence electrons. The molecule has 1 radical (unpaired) electrons. The van der Waals surface area contributed by atoms with Crippen LogP contribution in [0.1, 0.15) is 57.1 Å². The zero-order chi connectivity index (χ0) is 27.7. The molecule has 1 aromatic carbocycles. The number of aromatic nitrogens is 2. The molecule has 1 unspecified atom stereocenters. The second-order valence-electron chi connectivity index (χ2n) is 9.32. The molecule has 1 fully saturated rings. The van der Waals surface area contributed by atoms with Gasteiger partial charge in [-0.05, 0) is 49.4 Å². The number of ether oxygens (including phenoxy) is 1. The van der Waals surface area contributed by atoms with Gasteiger partial charge < -0.3 is 36.3 Å². The summed E-state index contributed by atoms with van der Waals surface area (Å²) in [6, 6.07) is 3.75. The summed E-state index contributed by atoms with van der Waals surface area (Å²) >= 11 is 0. The molecule has 39 heavy (non-hydrogen) atoms. The number of carbonyl (C=O) groups excluding carboxylic acids is 1. The third kappa shape index (κ3) is 8.30. The number of nitrogens with two attached hydrogens (primary N) is 1. The van der Waals surface area contributed by atoms with E-state index in [1.54, 1.807) is 24.0 Å². The normalized spacial score (nSPS) is 16.5. The Morgan fingerprint density at radius 1 is 1.26 bits per heavy atom. The van der Waals surface area contributed by atoms with E-state index in [4.69, 9.17) is 15.3 Å². The van der Waals surface area contributed by atoms with Crippen LogP contribution in [0.25, 0.3) is 16.6 Å². The number of halogens is 2. The van der Waals surface area contributed by atoms with Gasteiger partial charge in [0.2, 0.25) is 0 Å². The van der Waals surface area contributed by atoms with E-state index < -0.39 is 12.6 Å². The predicted octanol–water partition coefficient (Wildman–Crippen LogP) is 4.57. The molecule has 0 amide bonds. The van der Waals surface area contributed by atoms with E-state index in [-0.39, 0.29) is 38.3 Å². The van der Waals surface area contributed by atoms with Crippen LogP contribution >= 0.6 is 0 Å². The molecule has 0 bridgehead atoms. The Hall–Kier alpha value is -1.92. The minimum atomic E-state index is -2.63. The molecule has 3 heterocycles. The first kappa shape index (κ1) is 33.3. The van der Waals surface area contributed by atoms with Gasteiger partial charge in [-0.2, -0.15) is 5.10 Å². The Morgan fingerprint density at radius 3 is 2.56 bits per heavy atom. The zero-order valence-electron chi connectivity index (χ0n) is 23.1. The number of benzene rings is 1. The van der Waals surface area contributed by atoms with Crippen LogP contribution in [-0.2, 0) is 55.2 Å². The SMILES string of the molecule is C=O.CCCc1cc(-c2cnn(CC)c2)c(C(F)F)cc1NC(N)C1=C(NC2CCOCC2)CCN1[N-]C.[Y]. The Balaban J connectivity index is 0.00000174. The average Bonchev–Trinajstić information content (AvgIpc) is 3.58. The number of alkyl halides is 2. The summed E-state index contributed by atoms with van der Waals surface area (Å²) in [6.45, 7) is 8.94. The number of anilines is 1. The third-order valence-corrected chi connectivity index (χ3v) is 6.91. The summed E-state index contributed by atoms with van der Waals surface area (Å²) in [4.78, 5) is 8.00. The monoisotopic (exact) mass is 621 g/mol. The van der Waals surface area contributed by atoms with Crippen LogP contribution in [0.2, 0.25) is 0 Å². The van der Waals surface area contributed by atoms with E-state index in [1.807, 2.05) is 31.0 Å². The van der Waals surface area contributed by atoms with Crippen molar-refractivity contribution in [1.82, 2.24) is 20.1 Å². The van der Waals surface area contributed by atoms with Crippen molar-refractivity contribution in [3.8, 4) is 11.1 Å². The van der Waals surface area contributed by atoms with Gasteiger partial charge in [-0.15, -0.1) is 7.05 Å². The summed E-state index contributed by atoms with van der Waals surface area (Å²) in [5.74, 6) is 0. The van der Waals surface area contributed by atoms with Crippen LogP contribution in [0.15, 0.2) is 35.9 Å². The zero-order valence-corrected chi connectivity index (χ0v) is 26.0. The van der Waals surface area contributed by atoms with Gasteiger partial charge in [-0.1, -0.05) is 13.3 Å². The van der Waals surface area contributed by atoms with Crippen molar-refractivity contribution in [3.63, 3.8) is 0 Å². The number of nitrogens with one attached hydrogen (secondary N) is 2. The summed E-state index contributed by atoms with van der Waals surface area (Å²) in [5.41, 5.74) is 15.8. The molecule has 1 atom stereocenters. The maximum atomic E-state index is 14.2. The number of aryl methyl sites for hydroxylation is 2. The average molecular weight is 622 g/mol. The summed E-state index contributed by atoms with van der Waals surface area (Å²) in [6.07, 6.45) is 4.54. The van der Waals surface area contributed by atoms with E-state index in [9.17, 15) is 8.78 Å². The topological polar surface area (TPSA) is 112 Å². The van der Waals surface area contributed by atoms with Gasteiger partial charge in [-0.25, -0.2) is 8.78 Å². The first-order valence-electron chi connectivity index (χ1n) is 13.2. The Labute approximate surface area is 255 Å². The molecule has 2 aromatic rings. The molecule has 1 saturated heterocycles. The van der Waals surface area contributed by atoms with E-state index >= 15 is 0 Å². The van der Waals surface area contributed by atoms with Gasteiger partial charge in [-0.3, -0.25) is 4.68 Å². The molecule has 2 aliphatic heterocycles. The minimum absolute atomic E-state index is 0. The Morgan fingerprint density at radius 2 is 1.97 bits per heavy atom. The van der Waals surface area contributed by atoms with Crippen molar-refractivity contribution < 1.29 is 51.0 Å². The van der Waals surface area contributed by atoms with Gasteiger partial charge in [0.1, 0.15) is 13.0 Å². The summed E-state index contributed by atoms with van der Waals surface area (Å²) < 4.78 is 35.7. The van der Waals surface area contributed by atoms with Crippen LogP contribution in [-0.4, -0.2) is 60.6 Å². The fourth-order valence-corrected chi connectivity index (χ4v) is 5.03. The maximum Gasteiger partial charge on any atom is 0.264 e. The largest absolute Gasteiger partial charge is 0.571 e. The predicted molar refractivity (Wildman–Crippen MR) is 146 cm³/mol. The number of hydrogen-bond acceptors (Lipinski definition) is 7. The molecule has 2 aliphatic rings. The standard InChI is InChI=1S/C26H38F2N7O.CH2O.Y/c1-4-6-17-13-20(18-15-31-34(5-2)16-18)21(25(27)28)14-23(17)33-26(29)24-22(7-10-35(24)30-3)32-19-8-11-36-12-9-19;1-2;/h13-16,19,25-26,32-33H,4-12,29H2,1-3H3;1H2;/q-1;;. The number of nitrogens with zero attached hydrogens (tertiary/aromatic N) is 4. The van der Waals surface area contributed by atoms with E-state index in [1.165, 1.54) is 0 Å². The van der Waals surface area contributed by atoms with Crippen LogP contribution in [0.5, 0.6) is 0 Å². The van der Waals surface area contributed by atoms with Crippen molar-refractivity contribution in [1.29, 1.82) is 0 Å². The van der Waals surface area contributed by atoms with E-state index in [0.29, 0.717) is 29.4 Å². The third-order valence-electron chi connectivity index (χ3n) is 6.91. The molecule has 4 rings (SSSR count). The summed E-state index contributed by atoms with van der Waals surface area (Å²) in [5, 5.41) is 13.2. The molecule has 4 N–H and O–H groups in total. The van der Waals surface area contributed by atoms with Crippen molar-refractivity contribution >= 4 is 12.5 Å². The van der Waals surface area contributed by atoms with Gasteiger partial charge >= 0.3 is 0 Å². The van der Waals surface area contributed by atoms with Crippen molar-refractivity contribution in [2.45, 2.75) is 71.1 Å². The first-order valence-corrected chi connectivity index (χ1v) is 13.2. The van der Waals surface area contributed by atoms with Crippen molar-refractivity contribution in [2.24, 2.45) is 5.73 Å². The fourth-order valence-electron chi connectivity index (χ4n) is 5.03. The smallest absolute Gasteiger partial charge is 0.264 e. The quantitative estimate of drug-likeness (QED) is 0.315. The van der Waals surface area contributed by atoms with Gasteiger partial charge in [0.05, 0.1) is 11.9 Å². The van der Waals surface area contributed by atoms with Crippen LogP contribution < -0.4 is 16.4 Å². The molecule has 9 nitrogen and oxygen atoms in total. The van der Waals surface area contributed by atoms with E-state index in [0.717, 1.165) is 68.8 Å². The second kappa shape index (κ2) is 16.4. The van der Waals surface area contributed by atoms with Gasteiger partial charge in [0, 0.05) is 100 Å². The van der Waals surface area contributed by atoms with Crippen molar-refractivity contribution in [2.75, 3.05) is 32.1 Å². The fraction of sp³-hybridized carbons (Fsp3) is 0.556. The molecular weight excluding hydrogens is 581 g/mol. The van der Waals surface area contributed by atoms with Crippen molar-refractivity contribution in [3.05, 3.63) is 52.5 Å². The molecule has 12 heteroatoms.